The van der Waals surface area contributed by atoms with E-state index >= 15 is 0 Å². The molecule has 9 heteroatoms. The van der Waals surface area contributed by atoms with E-state index in [2.05, 4.69) is 42.3 Å². The van der Waals surface area contributed by atoms with E-state index in [0.29, 0.717) is 31.9 Å². The number of ether oxygens (including phenoxy) is 2. The van der Waals surface area contributed by atoms with Crippen LogP contribution in [0.15, 0.2) is 46.7 Å². The van der Waals surface area contributed by atoms with Crippen molar-refractivity contribution < 1.29 is 17.9 Å². The maximum Gasteiger partial charge on any atom is 0.246 e. The molecule has 1 aliphatic heterocycles. The first-order valence-corrected chi connectivity index (χ1v) is 12.7. The molecule has 0 atom stereocenters. The highest BCUT2D eigenvalue weighted by Gasteiger charge is 2.32. The molecule has 0 N–H and O–H groups in total. The predicted molar refractivity (Wildman–Crippen MR) is 128 cm³/mol. The molecule has 0 spiro atoms. The van der Waals surface area contributed by atoms with Gasteiger partial charge in [0, 0.05) is 43.2 Å². The van der Waals surface area contributed by atoms with Crippen LogP contribution in [-0.4, -0.2) is 58.1 Å². The number of benzene rings is 2. The molecule has 0 amide bonds. The predicted octanol–water partition coefficient (Wildman–Crippen LogP) is 3.96. The Morgan fingerprint density at radius 2 is 1.66 bits per heavy atom. The molecular weight excluding hydrogens is 446 g/mol. The largest absolute Gasteiger partial charge is 0.497 e. The van der Waals surface area contributed by atoms with Crippen LogP contribution in [0, 0.1) is 13.8 Å². The van der Waals surface area contributed by atoms with Gasteiger partial charge in [-0.3, -0.25) is 0 Å². The standard InChI is InChI=1S/C23H27N3O4S2/c1-16-6-5-7-17(2)22(16)19-15-31-23(24-19)25-10-12-26(13-11-25)32(27,28)21-9-8-18(29-3)14-20(21)30-4/h5-9,14-15H,10-13H2,1-4H3. The Labute approximate surface area is 193 Å². The van der Waals surface area contributed by atoms with Crippen LogP contribution in [0.1, 0.15) is 11.1 Å². The molecule has 32 heavy (non-hydrogen) atoms. The Balaban J connectivity index is 1.50. The SMILES string of the molecule is COc1ccc(S(=O)(=O)N2CCN(c3nc(-c4c(C)cccc4C)cs3)CC2)c(OC)c1. The molecule has 4 rings (SSSR count). The van der Waals surface area contributed by atoms with Crippen LogP contribution in [0.3, 0.4) is 0 Å². The first-order chi connectivity index (χ1) is 15.3. The molecule has 0 aliphatic carbocycles. The van der Waals surface area contributed by atoms with E-state index in [1.807, 2.05) is 0 Å². The second-order valence-electron chi connectivity index (χ2n) is 7.69. The van der Waals surface area contributed by atoms with Crippen molar-refractivity contribution in [1.29, 1.82) is 0 Å². The Bertz CT molecular complexity index is 1200. The summed E-state index contributed by atoms with van der Waals surface area (Å²) < 4.78 is 38.5. The van der Waals surface area contributed by atoms with Crippen molar-refractivity contribution in [3.8, 4) is 22.8 Å². The molecule has 170 valence electrons. The average Bonchev–Trinajstić information content (AvgIpc) is 3.28. The van der Waals surface area contributed by atoms with Crippen molar-refractivity contribution in [3.05, 3.63) is 52.9 Å². The van der Waals surface area contributed by atoms with Crippen LogP contribution in [0.4, 0.5) is 5.13 Å². The molecule has 2 aromatic carbocycles. The van der Waals surface area contributed by atoms with Crippen molar-refractivity contribution in [2.45, 2.75) is 18.7 Å². The summed E-state index contributed by atoms with van der Waals surface area (Å²) >= 11 is 1.60. The smallest absolute Gasteiger partial charge is 0.246 e. The molecular formula is C23H27N3O4S2. The van der Waals surface area contributed by atoms with Gasteiger partial charge in [-0.25, -0.2) is 13.4 Å². The summed E-state index contributed by atoms with van der Waals surface area (Å²) in [4.78, 5) is 7.17. The minimum atomic E-state index is -3.68. The van der Waals surface area contributed by atoms with Gasteiger partial charge in [0.25, 0.3) is 0 Å². The van der Waals surface area contributed by atoms with Crippen molar-refractivity contribution in [2.75, 3.05) is 45.3 Å². The number of aromatic nitrogens is 1. The lowest BCUT2D eigenvalue weighted by molar-refractivity contribution is 0.370. The molecule has 1 fully saturated rings. The van der Waals surface area contributed by atoms with Gasteiger partial charge in [0.1, 0.15) is 16.4 Å². The molecule has 0 saturated carbocycles. The first-order valence-electron chi connectivity index (χ1n) is 10.3. The van der Waals surface area contributed by atoms with E-state index in [-0.39, 0.29) is 10.6 Å². The number of thiazole rings is 1. The summed E-state index contributed by atoms with van der Waals surface area (Å²) in [6.07, 6.45) is 0. The number of hydrogen-bond acceptors (Lipinski definition) is 7. The highest BCUT2D eigenvalue weighted by Crippen LogP contribution is 2.34. The summed E-state index contributed by atoms with van der Waals surface area (Å²) in [6.45, 7) is 6.12. The number of rotatable bonds is 6. The second kappa shape index (κ2) is 9.09. The van der Waals surface area contributed by atoms with Crippen LogP contribution in [-0.2, 0) is 10.0 Å². The van der Waals surface area contributed by atoms with E-state index in [9.17, 15) is 8.42 Å². The molecule has 7 nitrogen and oxygen atoms in total. The Morgan fingerprint density at radius 1 is 0.969 bits per heavy atom. The van der Waals surface area contributed by atoms with Gasteiger partial charge in [0.2, 0.25) is 10.0 Å². The van der Waals surface area contributed by atoms with Crippen molar-refractivity contribution >= 4 is 26.5 Å². The zero-order valence-electron chi connectivity index (χ0n) is 18.7. The summed E-state index contributed by atoms with van der Waals surface area (Å²) in [5, 5.41) is 3.00. The molecule has 2 heterocycles. The monoisotopic (exact) mass is 473 g/mol. The summed E-state index contributed by atoms with van der Waals surface area (Å²) in [5.74, 6) is 0.832. The third kappa shape index (κ3) is 4.20. The minimum Gasteiger partial charge on any atom is -0.497 e. The molecule has 0 unspecified atom stereocenters. The zero-order valence-corrected chi connectivity index (χ0v) is 20.3. The Kier molecular flexibility index (Phi) is 6.41. The fourth-order valence-corrected chi connectivity index (χ4v) is 6.42. The van der Waals surface area contributed by atoms with Crippen LogP contribution in [0.5, 0.6) is 11.5 Å². The van der Waals surface area contributed by atoms with Gasteiger partial charge < -0.3 is 14.4 Å². The van der Waals surface area contributed by atoms with Crippen molar-refractivity contribution in [3.63, 3.8) is 0 Å². The average molecular weight is 474 g/mol. The normalized spacial score (nSPS) is 15.1. The summed E-state index contributed by atoms with van der Waals surface area (Å²) in [6, 6.07) is 11.0. The lowest BCUT2D eigenvalue weighted by Crippen LogP contribution is -2.48. The quantitative estimate of drug-likeness (QED) is 0.540. The zero-order chi connectivity index (χ0) is 22.9. The van der Waals surface area contributed by atoms with Crippen molar-refractivity contribution in [2.24, 2.45) is 0 Å². The van der Waals surface area contributed by atoms with Gasteiger partial charge in [-0.05, 0) is 37.1 Å². The molecule has 1 saturated heterocycles. The third-order valence-electron chi connectivity index (χ3n) is 5.73. The van der Waals surface area contributed by atoms with Gasteiger partial charge in [-0.2, -0.15) is 4.31 Å². The minimum absolute atomic E-state index is 0.154. The summed E-state index contributed by atoms with van der Waals surface area (Å²) in [7, 11) is -0.681. The first kappa shape index (κ1) is 22.6. The number of sulfonamides is 1. The topological polar surface area (TPSA) is 72.0 Å². The molecule has 0 bridgehead atoms. The number of methoxy groups -OCH3 is 2. The number of piperazine rings is 1. The fraction of sp³-hybridized carbons (Fsp3) is 0.348. The van der Waals surface area contributed by atoms with E-state index in [1.54, 1.807) is 23.5 Å². The van der Waals surface area contributed by atoms with Gasteiger partial charge in [-0.1, -0.05) is 18.2 Å². The van der Waals surface area contributed by atoms with Gasteiger partial charge in [0.05, 0.1) is 19.9 Å². The lowest BCUT2D eigenvalue weighted by Gasteiger charge is -2.34. The van der Waals surface area contributed by atoms with Gasteiger partial charge >= 0.3 is 0 Å². The highest BCUT2D eigenvalue weighted by atomic mass is 32.2. The fourth-order valence-electron chi connectivity index (χ4n) is 3.99. The van der Waals surface area contributed by atoms with E-state index in [0.717, 1.165) is 10.8 Å². The molecule has 1 aromatic heterocycles. The van der Waals surface area contributed by atoms with E-state index < -0.39 is 10.0 Å². The maximum absolute atomic E-state index is 13.2. The number of aryl methyl sites for hydroxylation is 2. The number of hydrogen-bond donors (Lipinski definition) is 0. The van der Waals surface area contributed by atoms with Crippen molar-refractivity contribution in [1.82, 2.24) is 9.29 Å². The summed E-state index contributed by atoms with van der Waals surface area (Å²) in [5.41, 5.74) is 4.54. The molecule has 1 aliphatic rings. The van der Waals surface area contributed by atoms with Crippen LogP contribution >= 0.6 is 11.3 Å². The highest BCUT2D eigenvalue weighted by molar-refractivity contribution is 7.89. The maximum atomic E-state index is 13.2. The lowest BCUT2D eigenvalue weighted by atomic mass is 10.0. The van der Waals surface area contributed by atoms with Crippen LogP contribution < -0.4 is 14.4 Å². The van der Waals surface area contributed by atoms with Gasteiger partial charge in [0.15, 0.2) is 5.13 Å². The van der Waals surface area contributed by atoms with Crippen LogP contribution in [0.25, 0.3) is 11.3 Å². The Morgan fingerprint density at radius 3 is 2.28 bits per heavy atom. The van der Waals surface area contributed by atoms with Crippen LogP contribution in [0.2, 0.25) is 0 Å². The van der Waals surface area contributed by atoms with Gasteiger partial charge in [-0.15, -0.1) is 11.3 Å². The Hall–Kier alpha value is -2.62. The number of anilines is 1. The van der Waals surface area contributed by atoms with E-state index in [4.69, 9.17) is 14.5 Å². The number of nitrogens with zero attached hydrogens (tertiary/aromatic N) is 3. The molecule has 3 aromatic rings. The third-order valence-corrected chi connectivity index (χ3v) is 8.57. The van der Waals surface area contributed by atoms with E-state index in [1.165, 1.54) is 41.3 Å². The second-order valence-corrected chi connectivity index (χ2v) is 10.4. The molecule has 0 radical (unpaired) electrons.